The van der Waals surface area contributed by atoms with Gasteiger partial charge < -0.3 is 10.3 Å². The minimum atomic E-state index is -0.333. The Bertz CT molecular complexity index is 727. The van der Waals surface area contributed by atoms with Gasteiger partial charge in [-0.3, -0.25) is 0 Å². The second-order valence-corrected chi connectivity index (χ2v) is 4.74. The molecule has 0 saturated carbocycles. The summed E-state index contributed by atoms with van der Waals surface area (Å²) in [5, 5.41) is 3.87. The molecular weight excluding hydrogens is 269 g/mol. The summed E-state index contributed by atoms with van der Waals surface area (Å²) in [6.45, 7) is 0. The maximum absolute atomic E-state index is 13.2. The second kappa shape index (κ2) is 5.85. The molecule has 5 heteroatoms. The lowest BCUT2D eigenvalue weighted by molar-refractivity contribution is 0.370. The van der Waals surface area contributed by atoms with Crippen molar-refractivity contribution in [3.63, 3.8) is 0 Å². The molecule has 3 aromatic rings. The number of rotatable bonds is 4. The minimum Gasteiger partial charge on any atom is -0.339 e. The van der Waals surface area contributed by atoms with Crippen LogP contribution in [0.2, 0.25) is 0 Å². The van der Waals surface area contributed by atoms with Crippen molar-refractivity contribution in [2.75, 3.05) is 0 Å². The molecule has 2 aromatic carbocycles. The first-order valence-electron chi connectivity index (χ1n) is 6.61. The molecule has 0 amide bonds. The van der Waals surface area contributed by atoms with E-state index in [0.717, 1.165) is 5.56 Å². The number of nitrogens with two attached hydrogens (primary N) is 1. The summed E-state index contributed by atoms with van der Waals surface area (Å²) in [6, 6.07) is 15.6. The fraction of sp³-hybridized carbons (Fsp3) is 0.125. The van der Waals surface area contributed by atoms with E-state index in [2.05, 4.69) is 10.1 Å². The van der Waals surface area contributed by atoms with Crippen LogP contribution < -0.4 is 5.73 Å². The Kier molecular flexibility index (Phi) is 3.75. The number of aromatic nitrogens is 2. The van der Waals surface area contributed by atoms with Crippen LogP contribution in [0.3, 0.4) is 0 Å². The van der Waals surface area contributed by atoms with Crippen molar-refractivity contribution in [3.05, 3.63) is 71.9 Å². The van der Waals surface area contributed by atoms with E-state index in [-0.39, 0.29) is 11.9 Å². The van der Waals surface area contributed by atoms with E-state index < -0.39 is 0 Å². The zero-order chi connectivity index (χ0) is 14.7. The van der Waals surface area contributed by atoms with Gasteiger partial charge in [0.25, 0.3) is 0 Å². The monoisotopic (exact) mass is 283 g/mol. The van der Waals surface area contributed by atoms with Crippen molar-refractivity contribution in [1.82, 2.24) is 10.1 Å². The van der Waals surface area contributed by atoms with Crippen LogP contribution in [0.25, 0.3) is 11.4 Å². The topological polar surface area (TPSA) is 64.9 Å². The van der Waals surface area contributed by atoms with Crippen LogP contribution in [0, 0.1) is 5.82 Å². The van der Waals surface area contributed by atoms with Crippen LogP contribution in [0.1, 0.15) is 17.5 Å². The van der Waals surface area contributed by atoms with E-state index >= 15 is 0 Å². The molecular formula is C16H14FN3O. The average molecular weight is 283 g/mol. The van der Waals surface area contributed by atoms with Gasteiger partial charge in [-0.25, -0.2) is 4.39 Å². The van der Waals surface area contributed by atoms with Crippen LogP contribution in [-0.4, -0.2) is 10.1 Å². The molecule has 0 aliphatic rings. The third kappa shape index (κ3) is 3.14. The highest BCUT2D eigenvalue weighted by molar-refractivity contribution is 5.53. The molecule has 0 saturated heterocycles. The minimum absolute atomic E-state index is 0.216. The quantitative estimate of drug-likeness (QED) is 0.799. The summed E-state index contributed by atoms with van der Waals surface area (Å²) in [5.74, 6) is 0.468. The predicted molar refractivity (Wildman–Crippen MR) is 76.8 cm³/mol. The lowest BCUT2D eigenvalue weighted by atomic mass is 10.1. The molecule has 106 valence electrons. The lowest BCUT2D eigenvalue weighted by Crippen LogP contribution is -2.13. The molecule has 0 radical (unpaired) electrons. The highest BCUT2D eigenvalue weighted by Crippen LogP contribution is 2.19. The van der Waals surface area contributed by atoms with Crippen LogP contribution in [-0.2, 0) is 6.42 Å². The summed E-state index contributed by atoms with van der Waals surface area (Å²) in [4.78, 5) is 4.26. The number of hydrogen-bond donors (Lipinski definition) is 1. The first-order valence-corrected chi connectivity index (χ1v) is 6.61. The summed E-state index contributed by atoms with van der Waals surface area (Å²) in [5.41, 5.74) is 7.70. The normalized spacial score (nSPS) is 12.3. The molecule has 4 nitrogen and oxygen atoms in total. The van der Waals surface area contributed by atoms with Crippen molar-refractivity contribution >= 4 is 0 Å². The Labute approximate surface area is 121 Å². The van der Waals surface area contributed by atoms with Crippen molar-refractivity contribution < 1.29 is 8.91 Å². The second-order valence-electron chi connectivity index (χ2n) is 4.74. The maximum Gasteiger partial charge on any atom is 0.228 e. The van der Waals surface area contributed by atoms with E-state index in [1.165, 1.54) is 12.1 Å². The molecule has 21 heavy (non-hydrogen) atoms. The first kappa shape index (κ1) is 13.5. The van der Waals surface area contributed by atoms with Crippen molar-refractivity contribution in [2.45, 2.75) is 12.5 Å². The third-order valence-corrected chi connectivity index (χ3v) is 3.17. The standard InChI is InChI=1S/C16H14FN3O/c17-13-8-4-7-12(9-13)16-19-15(21-20-16)10-14(18)11-5-2-1-3-6-11/h1-9,14H,10,18H2. The van der Waals surface area contributed by atoms with Crippen molar-refractivity contribution in [1.29, 1.82) is 0 Å². The number of halogens is 1. The fourth-order valence-electron chi connectivity index (χ4n) is 2.09. The molecule has 2 N–H and O–H groups in total. The zero-order valence-corrected chi connectivity index (χ0v) is 11.2. The molecule has 0 bridgehead atoms. The molecule has 0 aliphatic carbocycles. The van der Waals surface area contributed by atoms with E-state index in [1.54, 1.807) is 12.1 Å². The number of hydrogen-bond acceptors (Lipinski definition) is 4. The summed E-state index contributed by atoms with van der Waals surface area (Å²) < 4.78 is 18.4. The Hall–Kier alpha value is -2.53. The van der Waals surface area contributed by atoms with Crippen LogP contribution in [0.15, 0.2) is 59.1 Å². The highest BCUT2D eigenvalue weighted by atomic mass is 19.1. The smallest absolute Gasteiger partial charge is 0.228 e. The fourth-order valence-corrected chi connectivity index (χ4v) is 2.09. The molecule has 0 aliphatic heterocycles. The van der Waals surface area contributed by atoms with Crippen molar-refractivity contribution in [3.8, 4) is 11.4 Å². The van der Waals surface area contributed by atoms with Gasteiger partial charge in [-0.15, -0.1) is 0 Å². The van der Waals surface area contributed by atoms with Gasteiger partial charge in [-0.2, -0.15) is 4.98 Å². The Balaban J connectivity index is 1.76. The van der Waals surface area contributed by atoms with Gasteiger partial charge in [0.05, 0.1) is 0 Å². The molecule has 1 aromatic heterocycles. The van der Waals surface area contributed by atoms with Gasteiger partial charge in [0.1, 0.15) is 5.82 Å². The largest absolute Gasteiger partial charge is 0.339 e. The molecule has 3 rings (SSSR count). The molecule has 1 atom stereocenters. The first-order chi connectivity index (χ1) is 10.2. The predicted octanol–water partition coefficient (Wildman–Crippen LogP) is 3.12. The third-order valence-electron chi connectivity index (χ3n) is 3.17. The van der Waals surface area contributed by atoms with Crippen LogP contribution >= 0.6 is 0 Å². The summed E-state index contributed by atoms with van der Waals surface area (Å²) >= 11 is 0. The van der Waals surface area contributed by atoms with E-state index in [9.17, 15) is 4.39 Å². The van der Waals surface area contributed by atoms with E-state index in [0.29, 0.717) is 23.7 Å². The molecule has 0 fully saturated rings. The average Bonchev–Trinajstić information content (AvgIpc) is 2.97. The van der Waals surface area contributed by atoms with Gasteiger partial charge in [-0.1, -0.05) is 47.6 Å². The van der Waals surface area contributed by atoms with Crippen LogP contribution in [0.5, 0.6) is 0 Å². The lowest BCUT2D eigenvalue weighted by Gasteiger charge is -2.08. The van der Waals surface area contributed by atoms with Crippen molar-refractivity contribution in [2.24, 2.45) is 5.73 Å². The molecule has 0 spiro atoms. The number of nitrogens with zero attached hydrogens (tertiary/aromatic N) is 2. The Morgan fingerprint density at radius 2 is 1.90 bits per heavy atom. The van der Waals surface area contributed by atoms with Gasteiger partial charge in [0.2, 0.25) is 11.7 Å². The maximum atomic E-state index is 13.2. The van der Waals surface area contributed by atoms with Gasteiger partial charge in [0, 0.05) is 18.0 Å². The summed E-state index contributed by atoms with van der Waals surface area (Å²) in [6.07, 6.45) is 0.437. The zero-order valence-electron chi connectivity index (χ0n) is 11.2. The SMILES string of the molecule is NC(Cc1nc(-c2cccc(F)c2)no1)c1ccccc1. The summed E-state index contributed by atoms with van der Waals surface area (Å²) in [7, 11) is 0. The number of benzene rings is 2. The van der Waals surface area contributed by atoms with Crippen LogP contribution in [0.4, 0.5) is 4.39 Å². The van der Waals surface area contributed by atoms with E-state index in [4.69, 9.17) is 10.3 Å². The molecule has 1 unspecified atom stereocenters. The van der Waals surface area contributed by atoms with Gasteiger partial charge in [-0.05, 0) is 17.7 Å². The Morgan fingerprint density at radius 1 is 1.10 bits per heavy atom. The molecule has 1 heterocycles. The Morgan fingerprint density at radius 3 is 2.67 bits per heavy atom. The highest BCUT2D eigenvalue weighted by Gasteiger charge is 2.14. The van der Waals surface area contributed by atoms with Gasteiger partial charge in [0.15, 0.2) is 0 Å². The van der Waals surface area contributed by atoms with E-state index in [1.807, 2.05) is 30.3 Å². The van der Waals surface area contributed by atoms with Gasteiger partial charge >= 0.3 is 0 Å².